The highest BCUT2D eigenvalue weighted by molar-refractivity contribution is 5.95. The van der Waals surface area contributed by atoms with E-state index < -0.39 is 6.04 Å². The number of likely N-dealkylation sites (tertiary alicyclic amines) is 1. The summed E-state index contributed by atoms with van der Waals surface area (Å²) in [4.78, 5) is 31.0. The van der Waals surface area contributed by atoms with Crippen LogP contribution < -0.4 is 5.32 Å². The minimum Gasteiger partial charge on any atom is -0.341 e. The van der Waals surface area contributed by atoms with Gasteiger partial charge in [0.05, 0.1) is 0 Å². The van der Waals surface area contributed by atoms with Crippen LogP contribution in [0.3, 0.4) is 0 Å². The summed E-state index contributed by atoms with van der Waals surface area (Å²) in [5.41, 5.74) is 1.87. The fourth-order valence-electron chi connectivity index (χ4n) is 3.07. The Balaban J connectivity index is 1.68. The standard InChI is InChI=1S/C21H23N3O2/c25-20(11-10-18-9-6-12-22-16-18)23-19(15-17-7-2-1-3-8-17)21(26)24-13-4-5-14-24/h1-3,6-12,16,19H,4-5,13-15H2,(H,23,25)/b11-10-/t19-/m1/s1. The maximum absolute atomic E-state index is 12.8. The van der Waals surface area contributed by atoms with Crippen LogP contribution in [0.15, 0.2) is 60.9 Å². The van der Waals surface area contributed by atoms with Crippen molar-refractivity contribution in [2.75, 3.05) is 13.1 Å². The number of hydrogen-bond acceptors (Lipinski definition) is 3. The lowest BCUT2D eigenvalue weighted by Crippen LogP contribution is -2.48. The third-order valence-corrected chi connectivity index (χ3v) is 4.43. The van der Waals surface area contributed by atoms with Crippen LogP contribution in [0.5, 0.6) is 0 Å². The maximum atomic E-state index is 12.8. The van der Waals surface area contributed by atoms with E-state index in [2.05, 4.69) is 10.3 Å². The van der Waals surface area contributed by atoms with Gasteiger partial charge in [0.2, 0.25) is 11.8 Å². The van der Waals surface area contributed by atoms with Gasteiger partial charge in [-0.2, -0.15) is 0 Å². The number of nitrogens with one attached hydrogen (secondary N) is 1. The number of carbonyl (C=O) groups excluding carboxylic acids is 2. The molecule has 1 atom stereocenters. The molecule has 26 heavy (non-hydrogen) atoms. The first kappa shape index (κ1) is 17.9. The molecule has 5 nitrogen and oxygen atoms in total. The summed E-state index contributed by atoms with van der Waals surface area (Å²) >= 11 is 0. The van der Waals surface area contributed by atoms with Crippen LogP contribution >= 0.6 is 0 Å². The quantitative estimate of drug-likeness (QED) is 0.815. The molecule has 5 heteroatoms. The smallest absolute Gasteiger partial charge is 0.245 e. The molecule has 1 aromatic carbocycles. The van der Waals surface area contributed by atoms with Gasteiger partial charge in [-0.15, -0.1) is 0 Å². The number of aromatic nitrogens is 1. The number of hydrogen-bond donors (Lipinski definition) is 1. The second-order valence-electron chi connectivity index (χ2n) is 6.40. The van der Waals surface area contributed by atoms with Crippen molar-refractivity contribution in [3.8, 4) is 0 Å². The van der Waals surface area contributed by atoms with Gasteiger partial charge in [0.1, 0.15) is 6.04 Å². The van der Waals surface area contributed by atoms with Crippen LogP contribution in [-0.4, -0.2) is 40.8 Å². The first-order valence-corrected chi connectivity index (χ1v) is 8.94. The Morgan fingerprint density at radius 1 is 1.12 bits per heavy atom. The molecule has 0 unspecified atom stereocenters. The molecule has 1 aromatic heterocycles. The molecular weight excluding hydrogens is 326 g/mol. The summed E-state index contributed by atoms with van der Waals surface area (Å²) in [7, 11) is 0. The molecule has 1 fully saturated rings. The zero-order chi connectivity index (χ0) is 18.2. The van der Waals surface area contributed by atoms with Crippen molar-refractivity contribution in [3.05, 3.63) is 72.1 Å². The van der Waals surface area contributed by atoms with E-state index in [-0.39, 0.29) is 11.8 Å². The van der Waals surface area contributed by atoms with E-state index in [1.54, 1.807) is 18.5 Å². The Morgan fingerprint density at radius 3 is 2.58 bits per heavy atom. The molecule has 0 radical (unpaired) electrons. The van der Waals surface area contributed by atoms with Crippen molar-refractivity contribution in [3.63, 3.8) is 0 Å². The minimum atomic E-state index is -0.554. The number of benzene rings is 1. The van der Waals surface area contributed by atoms with Gasteiger partial charge in [0, 0.05) is 38.0 Å². The van der Waals surface area contributed by atoms with Crippen LogP contribution in [0.25, 0.3) is 6.08 Å². The summed E-state index contributed by atoms with van der Waals surface area (Å²) in [5, 5.41) is 2.88. The van der Waals surface area contributed by atoms with E-state index in [0.717, 1.165) is 37.1 Å². The molecule has 134 valence electrons. The van der Waals surface area contributed by atoms with Crippen LogP contribution in [0.1, 0.15) is 24.0 Å². The van der Waals surface area contributed by atoms with E-state index >= 15 is 0 Å². The minimum absolute atomic E-state index is 0.00511. The third kappa shape index (κ3) is 5.02. The van der Waals surface area contributed by atoms with Crippen LogP contribution in [0, 0.1) is 0 Å². The van der Waals surface area contributed by atoms with Gasteiger partial charge in [0.25, 0.3) is 0 Å². The molecule has 2 amide bonds. The van der Waals surface area contributed by atoms with Gasteiger partial charge in [-0.25, -0.2) is 0 Å². The summed E-state index contributed by atoms with van der Waals surface area (Å²) in [6.45, 7) is 1.54. The summed E-state index contributed by atoms with van der Waals surface area (Å²) in [5.74, 6) is -0.281. The second-order valence-corrected chi connectivity index (χ2v) is 6.40. The number of carbonyl (C=O) groups is 2. The lowest BCUT2D eigenvalue weighted by molar-refractivity contribution is -0.134. The lowest BCUT2D eigenvalue weighted by atomic mass is 10.0. The van der Waals surface area contributed by atoms with Gasteiger partial charge < -0.3 is 10.2 Å². The van der Waals surface area contributed by atoms with Gasteiger partial charge in [-0.3, -0.25) is 14.6 Å². The van der Waals surface area contributed by atoms with Crippen LogP contribution in [0.4, 0.5) is 0 Å². The van der Waals surface area contributed by atoms with Crippen molar-refractivity contribution >= 4 is 17.9 Å². The SMILES string of the molecule is O=C(/C=C\c1cccnc1)N[C@H](Cc1ccccc1)C(=O)N1CCCC1. The van der Waals surface area contributed by atoms with Crippen LogP contribution in [0.2, 0.25) is 0 Å². The molecule has 2 heterocycles. The first-order chi connectivity index (χ1) is 12.7. The molecule has 1 N–H and O–H groups in total. The molecule has 1 saturated heterocycles. The van der Waals surface area contributed by atoms with Crippen molar-refractivity contribution in [2.45, 2.75) is 25.3 Å². The van der Waals surface area contributed by atoms with Gasteiger partial charge in [-0.1, -0.05) is 36.4 Å². The summed E-state index contributed by atoms with van der Waals surface area (Å²) in [6, 6.07) is 12.9. The summed E-state index contributed by atoms with van der Waals surface area (Å²) < 4.78 is 0. The molecule has 3 rings (SSSR count). The lowest BCUT2D eigenvalue weighted by Gasteiger charge is -2.23. The summed E-state index contributed by atoms with van der Waals surface area (Å²) in [6.07, 6.45) is 9.05. The van der Waals surface area contributed by atoms with Crippen LogP contribution in [-0.2, 0) is 16.0 Å². The normalized spacial score (nSPS) is 15.2. The molecule has 0 aliphatic carbocycles. The van der Waals surface area contributed by atoms with Crippen molar-refractivity contribution in [2.24, 2.45) is 0 Å². The molecular formula is C21H23N3O2. The fourth-order valence-corrected chi connectivity index (χ4v) is 3.07. The fraction of sp³-hybridized carbons (Fsp3) is 0.286. The number of pyridine rings is 1. The number of nitrogens with zero attached hydrogens (tertiary/aromatic N) is 2. The average Bonchev–Trinajstić information content (AvgIpc) is 3.22. The molecule has 1 aliphatic rings. The van der Waals surface area contributed by atoms with Gasteiger partial charge >= 0.3 is 0 Å². The van der Waals surface area contributed by atoms with E-state index in [4.69, 9.17) is 0 Å². The van der Waals surface area contributed by atoms with Gasteiger partial charge in [0.15, 0.2) is 0 Å². The third-order valence-electron chi connectivity index (χ3n) is 4.43. The Morgan fingerprint density at radius 2 is 1.88 bits per heavy atom. The highest BCUT2D eigenvalue weighted by Crippen LogP contribution is 2.12. The van der Waals surface area contributed by atoms with E-state index in [1.807, 2.05) is 47.4 Å². The Kier molecular flexibility index (Phi) is 6.14. The Labute approximate surface area is 153 Å². The Bertz CT molecular complexity index is 753. The Hall–Kier alpha value is -2.95. The molecule has 2 aromatic rings. The number of amides is 2. The van der Waals surface area contributed by atoms with E-state index in [1.165, 1.54) is 6.08 Å². The van der Waals surface area contributed by atoms with Crippen molar-refractivity contribution in [1.82, 2.24) is 15.2 Å². The molecule has 0 bridgehead atoms. The maximum Gasteiger partial charge on any atom is 0.245 e. The molecule has 1 aliphatic heterocycles. The van der Waals surface area contributed by atoms with Gasteiger partial charge in [-0.05, 0) is 36.1 Å². The zero-order valence-corrected chi connectivity index (χ0v) is 14.7. The first-order valence-electron chi connectivity index (χ1n) is 8.94. The van der Waals surface area contributed by atoms with Crippen molar-refractivity contribution in [1.29, 1.82) is 0 Å². The topological polar surface area (TPSA) is 62.3 Å². The highest BCUT2D eigenvalue weighted by Gasteiger charge is 2.27. The second kappa shape index (κ2) is 8.94. The molecule has 0 spiro atoms. The molecule has 0 saturated carbocycles. The van der Waals surface area contributed by atoms with E-state index in [9.17, 15) is 9.59 Å². The average molecular weight is 349 g/mol. The number of rotatable bonds is 6. The predicted octanol–water partition coefficient (Wildman–Crippen LogP) is 2.44. The predicted molar refractivity (Wildman–Crippen MR) is 101 cm³/mol. The largest absolute Gasteiger partial charge is 0.341 e. The van der Waals surface area contributed by atoms with E-state index in [0.29, 0.717) is 6.42 Å². The zero-order valence-electron chi connectivity index (χ0n) is 14.7. The highest BCUT2D eigenvalue weighted by atomic mass is 16.2. The monoisotopic (exact) mass is 349 g/mol. The van der Waals surface area contributed by atoms with Crippen molar-refractivity contribution < 1.29 is 9.59 Å².